The van der Waals surface area contributed by atoms with Crippen LogP contribution in [0.3, 0.4) is 0 Å². The van der Waals surface area contributed by atoms with E-state index in [-0.39, 0.29) is 43.1 Å². The van der Waals surface area contributed by atoms with Gasteiger partial charge in [0, 0.05) is 13.1 Å². The quantitative estimate of drug-likeness (QED) is 0.0175. The number of aryl methyl sites for hydroxylation is 8. The van der Waals surface area contributed by atoms with Crippen LogP contribution in [0.5, 0.6) is 0 Å². The van der Waals surface area contributed by atoms with E-state index in [0.29, 0.717) is 50.7 Å². The number of hydrogen-bond acceptors (Lipinski definition) is 26. The SMILES string of the molecule is CC(C)=CCn1c(=O)c(=O)n(C[C@H](O)[C@H](O)[C@H](O)CO)c2cc(C)c(C)cc21.Cc1cc2[nH]c(=O)c(=O)n(C[C@H](O)[C@H](O)[C@H](O)CO)c2cc1C.Cc1cc2c3c(c1C)C(C)(C)CCn3c(=O)c(=O)n2C[C@H](O)[C@H](O)[C@H](O)CO.Cc1cc2nc3c(=O)[nH]c(=O)nc-3n(C[C@H](O)[C@H](O)[C@H](O)CO)c2cc1C. The molecule has 106 heavy (non-hydrogen) atoms. The summed E-state index contributed by atoms with van der Waals surface area (Å²) < 4.78 is 7.63. The predicted molar refractivity (Wildman–Crippen MR) is 390 cm³/mol. The monoisotopic (exact) mass is 1480 g/mol. The highest BCUT2D eigenvalue weighted by Crippen LogP contribution is 2.40. The van der Waals surface area contributed by atoms with Crippen LogP contribution in [0.25, 0.3) is 55.7 Å². The fourth-order valence-electron chi connectivity index (χ4n) is 12.4. The maximum Gasteiger partial charge on any atom is 0.349 e. The van der Waals surface area contributed by atoms with Crippen LogP contribution in [-0.4, -0.2) is 229 Å². The first-order valence-corrected chi connectivity index (χ1v) is 34.0. The molecule has 4 aromatic carbocycles. The molecule has 0 spiro atoms. The lowest BCUT2D eigenvalue weighted by Crippen LogP contribution is -2.48. The van der Waals surface area contributed by atoms with Gasteiger partial charge in [0.2, 0.25) is 0 Å². The standard InChI is InChI=1S/2C20H28N2O6.C17H20N4O6.C15H20N2O6/c1-10-7-12-16-15(11(10)2)20(3,4)5-6-21(16)18(27)19(28)22(12)8-13(24)17(26)14(25)9-23;1-11(2)5-6-21-14-7-12(3)13(4)8-15(14)22(20(28)19(21)27)9-16(24)18(26)17(25)10-23;1-7-3-9-10(4-8(7)2)21(5-11(23)14(25)12(24)6-22)15-13(18-9)16(26)20-17(27)19-15;1-7-3-9-10(4-8(7)2)17(15(23)14(22)16-9)5-11(19)13(21)12(20)6-18/h7,13-14,17,23-26H,5-6,8-9H2,1-4H3;5,7-8,16-18,23-26H,6,9-10H2,1-4H3;3-4,11-12,14,22-25H,5-6H2,1-2H3,(H,20,26,27);3-4,11-13,18-21H,5-6H2,1-2H3,(H,16,22)/t13-,14+,17-;16-,17+,18-;11-,12+,14-;11-,12+,13-/m0000/s1. The van der Waals surface area contributed by atoms with Crippen molar-refractivity contribution >= 4 is 44.1 Å². The van der Waals surface area contributed by atoms with Crippen LogP contribution >= 0.6 is 0 Å². The van der Waals surface area contributed by atoms with E-state index in [1.54, 1.807) is 30.3 Å². The third-order valence-electron chi connectivity index (χ3n) is 19.4. The Morgan fingerprint density at radius 2 is 0.830 bits per heavy atom. The van der Waals surface area contributed by atoms with Crippen molar-refractivity contribution in [1.29, 1.82) is 0 Å². The lowest BCUT2D eigenvalue weighted by Gasteiger charge is -2.36. The topological polar surface area (TPSA) is 547 Å². The predicted octanol–water partition coefficient (Wildman–Crippen LogP) is -3.98. The smallest absolute Gasteiger partial charge is 0.349 e. The zero-order valence-electron chi connectivity index (χ0n) is 60.8. The number of aromatic amines is 2. The molecule has 10 rings (SSSR count). The Hall–Kier alpha value is -8.92. The first kappa shape index (κ1) is 84.3. The minimum Gasteiger partial charge on any atom is -0.394 e. The molecule has 0 unspecified atom stereocenters. The largest absolute Gasteiger partial charge is 0.394 e. The summed E-state index contributed by atoms with van der Waals surface area (Å²) in [5.74, 6) is -0.0516. The summed E-state index contributed by atoms with van der Waals surface area (Å²) in [5, 5.41) is 154. The number of H-pyrrole nitrogens is 2. The summed E-state index contributed by atoms with van der Waals surface area (Å²) in [6, 6.07) is 12.3. The highest BCUT2D eigenvalue weighted by atomic mass is 16.4. The van der Waals surface area contributed by atoms with Crippen molar-refractivity contribution in [2.45, 2.75) is 207 Å². The number of aromatic nitrogens is 10. The van der Waals surface area contributed by atoms with Crippen LogP contribution in [0.2, 0.25) is 0 Å². The Kier molecular flexibility index (Phi) is 27.7. The number of allylic oxidation sites excluding steroid dienone is 2. The fourth-order valence-corrected chi connectivity index (χ4v) is 12.4. The zero-order chi connectivity index (χ0) is 79.3. The van der Waals surface area contributed by atoms with E-state index in [1.165, 1.54) is 18.3 Å². The number of hydrogen-bond donors (Lipinski definition) is 18. The van der Waals surface area contributed by atoms with Crippen LogP contribution in [-0.2, 0) is 44.7 Å². The molecule has 18 N–H and O–H groups in total. The lowest BCUT2D eigenvalue weighted by atomic mass is 9.75. The van der Waals surface area contributed by atoms with Crippen molar-refractivity contribution in [1.82, 2.24) is 47.3 Å². The van der Waals surface area contributed by atoms with E-state index >= 15 is 0 Å². The molecule has 3 aromatic heterocycles. The molecule has 12 atom stereocenters. The van der Waals surface area contributed by atoms with Gasteiger partial charge in [0.05, 0.1) is 96.7 Å². The van der Waals surface area contributed by atoms with Gasteiger partial charge in [-0.25, -0.2) is 9.78 Å². The first-order chi connectivity index (χ1) is 49.6. The van der Waals surface area contributed by atoms with Gasteiger partial charge in [0.15, 0.2) is 11.5 Å². The summed E-state index contributed by atoms with van der Waals surface area (Å²) in [7, 11) is 0. The van der Waals surface area contributed by atoms with E-state index in [0.717, 1.165) is 71.2 Å². The molecule has 34 nitrogen and oxygen atoms in total. The maximum absolute atomic E-state index is 12.8. The lowest BCUT2D eigenvalue weighted by molar-refractivity contribution is -0.0805. The number of nitrogens with zero attached hydrogens (tertiary/aromatic N) is 8. The average Bonchev–Trinajstić information content (AvgIpc) is 0.719. The van der Waals surface area contributed by atoms with Gasteiger partial charge in [-0.1, -0.05) is 25.5 Å². The average molecular weight is 1490 g/mol. The van der Waals surface area contributed by atoms with Crippen molar-refractivity contribution in [2.75, 3.05) is 26.4 Å². The number of rotatable bonds is 22. The van der Waals surface area contributed by atoms with Gasteiger partial charge < -0.3 is 95.8 Å². The number of aliphatic hydroxyl groups excluding tert-OH is 16. The number of benzene rings is 4. The Balaban J connectivity index is 0.000000198. The molecular formula is C72H96N10O24. The molecule has 6 heterocycles. The van der Waals surface area contributed by atoms with Crippen molar-refractivity contribution < 1.29 is 81.7 Å². The molecule has 0 radical (unpaired) electrons. The summed E-state index contributed by atoms with van der Waals surface area (Å²) >= 11 is 0. The Morgan fingerprint density at radius 1 is 0.443 bits per heavy atom. The van der Waals surface area contributed by atoms with Crippen LogP contribution in [0.15, 0.2) is 92.5 Å². The molecule has 0 amide bonds. The third kappa shape index (κ3) is 18.0. The van der Waals surface area contributed by atoms with E-state index in [4.69, 9.17) is 20.4 Å². The van der Waals surface area contributed by atoms with Gasteiger partial charge in [-0.15, -0.1) is 0 Å². The van der Waals surface area contributed by atoms with Gasteiger partial charge in [0.25, 0.3) is 5.56 Å². The van der Waals surface area contributed by atoms with E-state index in [1.807, 2.05) is 87.4 Å². The summed E-state index contributed by atoms with van der Waals surface area (Å²) in [6.45, 7) is 19.5. The minimum atomic E-state index is -1.66. The minimum absolute atomic E-state index is 0.0516. The molecule has 0 bridgehead atoms. The summed E-state index contributed by atoms with van der Waals surface area (Å²) in [6.07, 6.45) is -16.3. The fraction of sp³-hybridized carbons (Fsp3) is 0.500. The van der Waals surface area contributed by atoms with Crippen molar-refractivity contribution in [3.05, 3.63) is 187 Å². The number of fused-ring (bicyclic) bond motifs is 4. The normalized spacial score (nSPS) is 16.1. The second-order valence-corrected chi connectivity index (χ2v) is 27.9. The Morgan fingerprint density at radius 3 is 1.30 bits per heavy atom. The molecule has 0 saturated heterocycles. The van der Waals surface area contributed by atoms with Gasteiger partial charge in [-0.3, -0.25) is 56.8 Å². The van der Waals surface area contributed by atoms with E-state index in [9.17, 15) is 99.6 Å². The second kappa shape index (κ2) is 34.8. The second-order valence-electron chi connectivity index (χ2n) is 27.9. The van der Waals surface area contributed by atoms with Crippen molar-refractivity contribution in [3.63, 3.8) is 0 Å². The molecule has 34 heteroatoms. The Labute approximate surface area is 603 Å². The van der Waals surface area contributed by atoms with Crippen LogP contribution in [0, 0.1) is 55.4 Å². The van der Waals surface area contributed by atoms with E-state index in [2.05, 4.69) is 33.8 Å². The van der Waals surface area contributed by atoms with Gasteiger partial charge in [0.1, 0.15) is 73.2 Å². The Bertz CT molecular complexity index is 5220. The van der Waals surface area contributed by atoms with Crippen molar-refractivity contribution in [2.24, 2.45) is 0 Å². The third-order valence-corrected chi connectivity index (χ3v) is 19.4. The molecule has 3 aliphatic heterocycles. The van der Waals surface area contributed by atoms with Gasteiger partial charge >= 0.3 is 39.0 Å². The number of nitrogens with one attached hydrogen (secondary N) is 2. The highest BCUT2D eigenvalue weighted by molar-refractivity contribution is 5.84. The molecule has 3 aliphatic rings. The molecular weight excluding hydrogens is 1390 g/mol. The summed E-state index contributed by atoms with van der Waals surface area (Å²) in [4.78, 5) is 111. The zero-order valence-corrected chi connectivity index (χ0v) is 60.8. The highest BCUT2D eigenvalue weighted by Gasteiger charge is 2.36. The van der Waals surface area contributed by atoms with Gasteiger partial charge in [-0.05, 0) is 174 Å². The number of aliphatic hydroxyl groups is 16. The molecule has 578 valence electrons. The van der Waals surface area contributed by atoms with Gasteiger partial charge in [-0.2, -0.15) is 4.98 Å². The maximum atomic E-state index is 12.8. The van der Waals surface area contributed by atoms with Crippen LogP contribution < -0.4 is 44.6 Å². The van der Waals surface area contributed by atoms with Crippen LogP contribution in [0.4, 0.5) is 0 Å². The molecule has 0 saturated carbocycles. The van der Waals surface area contributed by atoms with Crippen LogP contribution in [0.1, 0.15) is 84.2 Å². The summed E-state index contributed by atoms with van der Waals surface area (Å²) in [5.41, 5.74) is 6.89. The first-order valence-electron chi connectivity index (χ1n) is 34.0. The molecule has 7 aromatic rings. The molecule has 0 fully saturated rings. The molecule has 0 aliphatic carbocycles. The van der Waals surface area contributed by atoms with E-state index < -0.39 is 151 Å². The van der Waals surface area contributed by atoms with Crippen molar-refractivity contribution in [3.8, 4) is 11.5 Å².